The lowest BCUT2D eigenvalue weighted by Crippen LogP contribution is -2.61. The number of hydrogen-bond acceptors (Lipinski definition) is 15. The molecule has 52 heavy (non-hydrogen) atoms. The van der Waals surface area contributed by atoms with E-state index in [2.05, 4.69) is 5.16 Å². The Morgan fingerprint density at radius 1 is 0.923 bits per heavy atom. The second-order valence-corrected chi connectivity index (χ2v) is 16.6. The highest BCUT2D eigenvalue weighted by Crippen LogP contribution is 2.41. The third-order valence-corrected chi connectivity index (χ3v) is 12.0. The number of cyclic esters (lactones) is 1. The number of rotatable bonds is 7. The molecular formula is C37H68N2O13. The Morgan fingerprint density at radius 2 is 1.54 bits per heavy atom. The van der Waals surface area contributed by atoms with Gasteiger partial charge in [-0.1, -0.05) is 32.9 Å². The van der Waals surface area contributed by atoms with Crippen LogP contribution < -0.4 is 0 Å². The van der Waals surface area contributed by atoms with Gasteiger partial charge < -0.3 is 64.1 Å². The molecule has 0 spiro atoms. The van der Waals surface area contributed by atoms with E-state index in [1.54, 1.807) is 55.4 Å². The van der Waals surface area contributed by atoms with Crippen LogP contribution in [0.3, 0.4) is 0 Å². The van der Waals surface area contributed by atoms with E-state index in [1.165, 1.54) is 14.0 Å². The maximum atomic E-state index is 14.1. The van der Waals surface area contributed by atoms with Crippen molar-refractivity contribution in [1.82, 2.24) is 4.90 Å². The zero-order valence-electron chi connectivity index (χ0n) is 33.4. The summed E-state index contributed by atoms with van der Waals surface area (Å²) in [5.74, 6) is -4.24. The molecule has 18 atom stereocenters. The first-order valence-corrected chi connectivity index (χ1v) is 18.7. The van der Waals surface area contributed by atoms with Crippen molar-refractivity contribution < 1.29 is 64.0 Å². The first-order valence-electron chi connectivity index (χ1n) is 18.7. The molecule has 0 aromatic heterocycles. The maximum Gasteiger partial charge on any atom is 0.311 e. The van der Waals surface area contributed by atoms with Crippen LogP contribution in [0.4, 0.5) is 0 Å². The van der Waals surface area contributed by atoms with Crippen molar-refractivity contribution in [3.8, 4) is 0 Å². The van der Waals surface area contributed by atoms with Gasteiger partial charge in [0, 0.05) is 37.3 Å². The molecule has 3 aliphatic rings. The number of esters is 1. The molecule has 1 unspecified atom stereocenters. The molecule has 15 heteroatoms. The lowest BCUT2D eigenvalue weighted by atomic mass is 9.73. The molecule has 3 saturated heterocycles. The van der Waals surface area contributed by atoms with Gasteiger partial charge in [-0.2, -0.15) is 0 Å². The number of aliphatic hydroxyl groups is 5. The molecule has 3 aliphatic heterocycles. The molecule has 0 aromatic carbocycles. The number of carbonyl (C=O) groups is 1. The number of hydrogen-bond donors (Lipinski definition) is 6. The van der Waals surface area contributed by atoms with Crippen molar-refractivity contribution in [3.63, 3.8) is 0 Å². The minimum absolute atomic E-state index is 0.0657. The Hall–Kier alpha value is -1.50. The number of methoxy groups -OCH3 is 1. The van der Waals surface area contributed by atoms with Crippen molar-refractivity contribution in [1.29, 1.82) is 0 Å². The van der Waals surface area contributed by atoms with Crippen LogP contribution >= 0.6 is 0 Å². The predicted molar refractivity (Wildman–Crippen MR) is 190 cm³/mol. The quantitative estimate of drug-likeness (QED) is 0.125. The topological polar surface area (TPSA) is 209 Å². The molecular weight excluding hydrogens is 680 g/mol. The van der Waals surface area contributed by atoms with Gasteiger partial charge in [0.25, 0.3) is 0 Å². The van der Waals surface area contributed by atoms with Crippen molar-refractivity contribution in [2.24, 2.45) is 28.8 Å². The fourth-order valence-electron chi connectivity index (χ4n) is 8.61. The smallest absolute Gasteiger partial charge is 0.311 e. The molecule has 3 rings (SSSR count). The summed E-state index contributed by atoms with van der Waals surface area (Å²) >= 11 is 0. The molecule has 0 aromatic rings. The highest BCUT2D eigenvalue weighted by Gasteiger charge is 2.53. The van der Waals surface area contributed by atoms with Gasteiger partial charge >= 0.3 is 5.97 Å². The zero-order valence-corrected chi connectivity index (χ0v) is 33.4. The van der Waals surface area contributed by atoms with E-state index >= 15 is 0 Å². The lowest BCUT2D eigenvalue weighted by molar-refractivity contribution is -0.317. The lowest BCUT2D eigenvalue weighted by Gasteiger charge is -2.49. The summed E-state index contributed by atoms with van der Waals surface area (Å²) in [6, 6.07) is -0.322. The van der Waals surface area contributed by atoms with Crippen LogP contribution in [0.5, 0.6) is 0 Å². The van der Waals surface area contributed by atoms with E-state index in [9.17, 15) is 35.5 Å². The molecule has 0 aliphatic carbocycles. The summed E-state index contributed by atoms with van der Waals surface area (Å²) in [7, 11) is 5.19. The standard InChI is InChI=1S/C37H68N2O13/c1-14-25-37(10,45)30(41)20(4)27(38-46)18(2)16-35(8,44)32(52-34-28(40)24(39(11)12)15-19(3)48-34)21(5)29(22(6)33(43)50-25)51-26-17-36(9,47-13)31(42)23(7)49-26/h18-26,28-32,34,40-42,44-46H,14-17H2,1-13H3/b38-27+/t18-,19-,20+,21+,22-,23+,24+,25-,26?,28-,29+,30-,31+,32-,34+,35-,36-,37-/m1/s1. The van der Waals surface area contributed by atoms with Gasteiger partial charge in [-0.25, -0.2) is 0 Å². The summed E-state index contributed by atoms with van der Waals surface area (Å²) in [6.07, 6.45) is -9.51. The van der Waals surface area contributed by atoms with E-state index in [1.807, 2.05) is 25.9 Å². The van der Waals surface area contributed by atoms with Crippen LogP contribution in [0, 0.1) is 23.7 Å². The van der Waals surface area contributed by atoms with Crippen molar-refractivity contribution in [2.75, 3.05) is 21.2 Å². The molecule has 0 amide bonds. The summed E-state index contributed by atoms with van der Waals surface area (Å²) in [5.41, 5.74) is -4.68. The van der Waals surface area contributed by atoms with Gasteiger partial charge in [0.2, 0.25) is 0 Å². The van der Waals surface area contributed by atoms with Crippen LogP contribution in [0.15, 0.2) is 5.16 Å². The average Bonchev–Trinajstić information content (AvgIpc) is 3.06. The number of ether oxygens (including phenoxy) is 6. The highest BCUT2D eigenvalue weighted by atomic mass is 16.7. The Bertz CT molecular complexity index is 1200. The third kappa shape index (κ3) is 9.47. The van der Waals surface area contributed by atoms with Crippen LogP contribution in [-0.4, -0.2) is 153 Å². The normalized spacial score (nSPS) is 49.8. The Labute approximate surface area is 309 Å². The molecule has 304 valence electrons. The van der Waals surface area contributed by atoms with Crippen LogP contribution in [0.1, 0.15) is 94.9 Å². The van der Waals surface area contributed by atoms with Gasteiger partial charge in [0.15, 0.2) is 12.6 Å². The van der Waals surface area contributed by atoms with E-state index < -0.39 is 102 Å². The second-order valence-electron chi connectivity index (χ2n) is 16.6. The minimum Gasteiger partial charge on any atom is -0.459 e. The van der Waals surface area contributed by atoms with Gasteiger partial charge in [-0.05, 0) is 74.9 Å². The van der Waals surface area contributed by atoms with E-state index in [4.69, 9.17) is 28.4 Å². The molecule has 3 heterocycles. The molecule has 0 bridgehead atoms. The van der Waals surface area contributed by atoms with E-state index in [0.717, 1.165) is 0 Å². The average molecular weight is 749 g/mol. The predicted octanol–water partition coefficient (Wildman–Crippen LogP) is 2.05. The number of likely N-dealkylation sites (N-methyl/N-ethyl adjacent to an activating group) is 1. The summed E-state index contributed by atoms with van der Waals surface area (Å²) in [6.45, 7) is 16.6. The molecule has 0 radical (unpaired) electrons. The van der Waals surface area contributed by atoms with Gasteiger partial charge in [-0.3, -0.25) is 4.79 Å². The summed E-state index contributed by atoms with van der Waals surface area (Å²) < 4.78 is 37.2. The summed E-state index contributed by atoms with van der Waals surface area (Å²) in [4.78, 5) is 16.0. The fraction of sp³-hybridized carbons (Fsp3) is 0.946. The maximum absolute atomic E-state index is 14.1. The van der Waals surface area contributed by atoms with Crippen molar-refractivity contribution in [2.45, 2.75) is 179 Å². The van der Waals surface area contributed by atoms with Crippen LogP contribution in [-0.2, 0) is 33.2 Å². The number of aliphatic hydroxyl groups excluding tert-OH is 3. The molecule has 0 saturated carbocycles. The Morgan fingerprint density at radius 3 is 2.08 bits per heavy atom. The SMILES string of the molecule is CC[C@H]1OC(=O)[C@H](C)[C@@H](OC2C[C@@](C)(OC)[C@@H](O)[C@H](C)O2)[C@H](C)[C@@H](O[C@@H]2O[C@H](C)C[C@H](N(C)C)[C@H]2O)[C@](C)(O)C[C@@H](C)/C(=N\O)[C@H](C)[C@@H](O)[C@]1(C)O. The second kappa shape index (κ2) is 17.5. The van der Waals surface area contributed by atoms with Gasteiger partial charge in [-0.15, -0.1) is 0 Å². The Balaban J connectivity index is 2.21. The number of oxime groups is 1. The first-order chi connectivity index (χ1) is 24.0. The number of nitrogens with zero attached hydrogens (tertiary/aromatic N) is 2. The summed E-state index contributed by atoms with van der Waals surface area (Å²) in [5, 5.41) is 71.8. The van der Waals surface area contributed by atoms with Crippen LogP contribution in [0.2, 0.25) is 0 Å². The third-order valence-electron chi connectivity index (χ3n) is 12.0. The van der Waals surface area contributed by atoms with E-state index in [0.29, 0.717) is 6.42 Å². The van der Waals surface area contributed by atoms with Gasteiger partial charge in [0.05, 0.1) is 53.4 Å². The van der Waals surface area contributed by atoms with E-state index in [-0.39, 0.29) is 37.1 Å². The molecule has 6 N–H and O–H groups in total. The molecule has 3 fully saturated rings. The van der Waals surface area contributed by atoms with Crippen molar-refractivity contribution in [3.05, 3.63) is 0 Å². The van der Waals surface area contributed by atoms with Crippen LogP contribution in [0.25, 0.3) is 0 Å². The largest absolute Gasteiger partial charge is 0.459 e. The Kier molecular flexibility index (Phi) is 15.1. The van der Waals surface area contributed by atoms with Gasteiger partial charge in [0.1, 0.15) is 23.9 Å². The monoisotopic (exact) mass is 748 g/mol. The van der Waals surface area contributed by atoms with Crippen molar-refractivity contribution >= 4 is 11.7 Å². The first kappa shape index (κ1) is 44.9. The highest BCUT2D eigenvalue weighted by molar-refractivity contribution is 5.88. The molecule has 15 nitrogen and oxygen atoms in total. The number of carbonyl (C=O) groups excluding carboxylic acids is 1. The fourth-order valence-corrected chi connectivity index (χ4v) is 8.61. The zero-order chi connectivity index (χ0) is 39.7. The minimum atomic E-state index is -1.97.